The predicted molar refractivity (Wildman–Crippen MR) is 68.8 cm³/mol. The molecule has 1 aliphatic heterocycles. The molecule has 0 aromatic carbocycles. The maximum absolute atomic E-state index is 5.70. The Bertz CT molecular complexity index is 156. The Labute approximate surface area is 100 Å². The van der Waals surface area contributed by atoms with Gasteiger partial charge in [0.1, 0.15) is 0 Å². The monoisotopic (exact) mass is 228 g/mol. The smallest absolute Gasteiger partial charge is 0.0575 e. The van der Waals surface area contributed by atoms with Crippen molar-refractivity contribution in [3.63, 3.8) is 0 Å². The van der Waals surface area contributed by atoms with Crippen molar-refractivity contribution in [1.82, 2.24) is 10.6 Å². The molecule has 0 amide bonds. The lowest BCUT2D eigenvalue weighted by atomic mass is 10.0. The first kappa shape index (κ1) is 13.9. The Morgan fingerprint density at radius 2 is 2.06 bits per heavy atom. The highest BCUT2D eigenvalue weighted by Crippen LogP contribution is 2.16. The molecule has 1 aliphatic rings. The van der Waals surface area contributed by atoms with Crippen molar-refractivity contribution in [1.29, 1.82) is 0 Å². The van der Waals surface area contributed by atoms with Gasteiger partial charge < -0.3 is 15.4 Å². The summed E-state index contributed by atoms with van der Waals surface area (Å²) in [4.78, 5) is 0. The second-order valence-corrected chi connectivity index (χ2v) is 4.99. The van der Waals surface area contributed by atoms with Crippen LogP contribution in [0.2, 0.25) is 0 Å². The molecule has 1 heterocycles. The molecule has 3 nitrogen and oxygen atoms in total. The van der Waals surface area contributed by atoms with Gasteiger partial charge in [-0.2, -0.15) is 0 Å². The van der Waals surface area contributed by atoms with E-state index in [1.807, 2.05) is 0 Å². The zero-order valence-corrected chi connectivity index (χ0v) is 10.9. The molecule has 0 bridgehead atoms. The summed E-state index contributed by atoms with van der Waals surface area (Å²) >= 11 is 0. The van der Waals surface area contributed by atoms with Crippen LogP contribution < -0.4 is 10.6 Å². The number of hydrogen-bond donors (Lipinski definition) is 2. The van der Waals surface area contributed by atoms with Gasteiger partial charge in [0.2, 0.25) is 0 Å². The van der Waals surface area contributed by atoms with Crippen LogP contribution in [0.5, 0.6) is 0 Å². The molecule has 1 fully saturated rings. The van der Waals surface area contributed by atoms with Crippen LogP contribution >= 0.6 is 0 Å². The molecule has 1 saturated heterocycles. The van der Waals surface area contributed by atoms with Gasteiger partial charge in [0.25, 0.3) is 0 Å². The third-order valence-corrected chi connectivity index (χ3v) is 3.01. The van der Waals surface area contributed by atoms with Gasteiger partial charge in [-0.25, -0.2) is 0 Å². The standard InChI is InChI=1S/C13H28N2O/c1-12(2)15-10-9-14-8-5-7-13-6-3-4-11-16-13/h12-15H,3-11H2,1-2H3. The summed E-state index contributed by atoms with van der Waals surface area (Å²) in [6.45, 7) is 8.61. The molecule has 1 atom stereocenters. The van der Waals surface area contributed by atoms with Crippen molar-refractivity contribution in [3.05, 3.63) is 0 Å². The maximum Gasteiger partial charge on any atom is 0.0575 e. The molecule has 0 aromatic rings. The lowest BCUT2D eigenvalue weighted by molar-refractivity contribution is 0.0102. The Hall–Kier alpha value is -0.120. The van der Waals surface area contributed by atoms with Crippen LogP contribution in [0.4, 0.5) is 0 Å². The van der Waals surface area contributed by atoms with Crippen LogP contribution in [0.15, 0.2) is 0 Å². The van der Waals surface area contributed by atoms with E-state index in [2.05, 4.69) is 24.5 Å². The van der Waals surface area contributed by atoms with Crippen LogP contribution in [0.1, 0.15) is 46.0 Å². The van der Waals surface area contributed by atoms with E-state index in [4.69, 9.17) is 4.74 Å². The lowest BCUT2D eigenvalue weighted by Gasteiger charge is -2.22. The minimum Gasteiger partial charge on any atom is -0.378 e. The fraction of sp³-hybridized carbons (Fsp3) is 1.00. The molecule has 0 saturated carbocycles. The van der Waals surface area contributed by atoms with E-state index < -0.39 is 0 Å². The van der Waals surface area contributed by atoms with Gasteiger partial charge in [0.05, 0.1) is 6.10 Å². The summed E-state index contributed by atoms with van der Waals surface area (Å²) in [5.74, 6) is 0. The van der Waals surface area contributed by atoms with Crippen molar-refractivity contribution in [2.24, 2.45) is 0 Å². The van der Waals surface area contributed by atoms with Crippen LogP contribution in [0.25, 0.3) is 0 Å². The topological polar surface area (TPSA) is 33.3 Å². The molecule has 0 spiro atoms. The largest absolute Gasteiger partial charge is 0.378 e. The highest BCUT2D eigenvalue weighted by molar-refractivity contribution is 4.64. The van der Waals surface area contributed by atoms with Crippen molar-refractivity contribution in [3.8, 4) is 0 Å². The SMILES string of the molecule is CC(C)NCCNCCCC1CCCCO1. The Morgan fingerprint density at radius 3 is 2.75 bits per heavy atom. The number of rotatable bonds is 8. The lowest BCUT2D eigenvalue weighted by Crippen LogP contribution is -2.32. The summed E-state index contributed by atoms with van der Waals surface area (Å²) in [6.07, 6.45) is 6.90. The average molecular weight is 228 g/mol. The quantitative estimate of drug-likeness (QED) is 0.623. The molecule has 1 rings (SSSR count). The zero-order chi connectivity index (χ0) is 11.6. The molecule has 96 valence electrons. The van der Waals surface area contributed by atoms with E-state index in [0.29, 0.717) is 12.1 Å². The van der Waals surface area contributed by atoms with Gasteiger partial charge in [-0.3, -0.25) is 0 Å². The molecule has 2 N–H and O–H groups in total. The summed E-state index contributed by atoms with van der Waals surface area (Å²) < 4.78 is 5.70. The number of ether oxygens (including phenoxy) is 1. The predicted octanol–water partition coefficient (Wildman–Crippen LogP) is 1.92. The van der Waals surface area contributed by atoms with E-state index in [-0.39, 0.29) is 0 Å². The molecule has 3 heteroatoms. The van der Waals surface area contributed by atoms with E-state index in [9.17, 15) is 0 Å². The van der Waals surface area contributed by atoms with Gasteiger partial charge >= 0.3 is 0 Å². The Balaban J connectivity index is 1.80. The van der Waals surface area contributed by atoms with Crippen molar-refractivity contribution in [2.75, 3.05) is 26.2 Å². The van der Waals surface area contributed by atoms with Crippen LogP contribution in [0.3, 0.4) is 0 Å². The highest BCUT2D eigenvalue weighted by atomic mass is 16.5. The molecular weight excluding hydrogens is 200 g/mol. The first-order chi connectivity index (χ1) is 7.79. The minimum atomic E-state index is 0.546. The second-order valence-electron chi connectivity index (χ2n) is 4.99. The molecule has 16 heavy (non-hydrogen) atoms. The normalized spacial score (nSPS) is 21.6. The summed E-state index contributed by atoms with van der Waals surface area (Å²) in [5.41, 5.74) is 0. The molecule has 0 aromatic heterocycles. The average Bonchev–Trinajstić information content (AvgIpc) is 2.29. The Morgan fingerprint density at radius 1 is 1.19 bits per heavy atom. The van der Waals surface area contributed by atoms with Crippen LogP contribution in [-0.4, -0.2) is 38.4 Å². The molecular formula is C13H28N2O. The van der Waals surface area contributed by atoms with Gasteiger partial charge in [-0.05, 0) is 38.6 Å². The highest BCUT2D eigenvalue weighted by Gasteiger charge is 2.12. The van der Waals surface area contributed by atoms with Crippen LogP contribution in [-0.2, 0) is 4.74 Å². The summed E-state index contributed by atoms with van der Waals surface area (Å²) in [7, 11) is 0. The fourth-order valence-corrected chi connectivity index (χ4v) is 2.06. The first-order valence-electron chi connectivity index (χ1n) is 6.84. The van der Waals surface area contributed by atoms with E-state index in [1.165, 1.54) is 32.1 Å². The second kappa shape index (κ2) is 8.97. The summed E-state index contributed by atoms with van der Waals surface area (Å²) in [5, 5.41) is 6.86. The van der Waals surface area contributed by atoms with Crippen molar-refractivity contribution >= 4 is 0 Å². The number of hydrogen-bond acceptors (Lipinski definition) is 3. The summed E-state index contributed by atoms with van der Waals surface area (Å²) in [6, 6.07) is 0.595. The molecule has 0 radical (unpaired) electrons. The molecule has 1 unspecified atom stereocenters. The van der Waals surface area contributed by atoms with Gasteiger partial charge in [-0.15, -0.1) is 0 Å². The van der Waals surface area contributed by atoms with Gasteiger partial charge in [0, 0.05) is 25.7 Å². The van der Waals surface area contributed by atoms with E-state index >= 15 is 0 Å². The number of nitrogens with one attached hydrogen (secondary N) is 2. The minimum absolute atomic E-state index is 0.546. The van der Waals surface area contributed by atoms with Gasteiger partial charge in [0.15, 0.2) is 0 Å². The van der Waals surface area contributed by atoms with Gasteiger partial charge in [-0.1, -0.05) is 13.8 Å². The third-order valence-electron chi connectivity index (χ3n) is 3.01. The van der Waals surface area contributed by atoms with Crippen LogP contribution in [0, 0.1) is 0 Å². The maximum atomic E-state index is 5.70. The third kappa shape index (κ3) is 7.20. The molecule has 0 aliphatic carbocycles. The Kier molecular flexibility index (Phi) is 7.81. The van der Waals surface area contributed by atoms with Crippen molar-refractivity contribution < 1.29 is 4.74 Å². The fourth-order valence-electron chi connectivity index (χ4n) is 2.06. The van der Waals surface area contributed by atoms with Crippen molar-refractivity contribution in [2.45, 2.75) is 58.1 Å². The first-order valence-corrected chi connectivity index (χ1v) is 6.84. The van der Waals surface area contributed by atoms with E-state index in [0.717, 1.165) is 26.2 Å². The zero-order valence-electron chi connectivity index (χ0n) is 10.9. The van der Waals surface area contributed by atoms with E-state index in [1.54, 1.807) is 0 Å².